The molecule has 0 unspecified atom stereocenters. The summed E-state index contributed by atoms with van der Waals surface area (Å²) in [4.78, 5) is 15.7. The van der Waals surface area contributed by atoms with Gasteiger partial charge in [0, 0.05) is 19.2 Å². The van der Waals surface area contributed by atoms with Crippen molar-refractivity contribution < 1.29 is 18.0 Å². The monoisotopic (exact) mass is 385 g/mol. The van der Waals surface area contributed by atoms with E-state index in [-0.39, 0.29) is 18.2 Å². The molecule has 0 aromatic carbocycles. The molecule has 1 amide bonds. The Morgan fingerprint density at radius 1 is 1.35 bits per heavy atom. The van der Waals surface area contributed by atoms with Gasteiger partial charge in [0.2, 0.25) is 5.91 Å². The summed E-state index contributed by atoms with van der Waals surface area (Å²) < 4.78 is 39.4. The SMILES string of the molecule is Cn1c(CNC(=O)CSc2ccc(C(F)(F)F)cn2)nnc1C1CCC1. The van der Waals surface area contributed by atoms with Crippen LogP contribution in [0.3, 0.4) is 0 Å². The highest BCUT2D eigenvalue weighted by molar-refractivity contribution is 7.99. The predicted molar refractivity (Wildman–Crippen MR) is 89.4 cm³/mol. The van der Waals surface area contributed by atoms with Crippen LogP contribution in [0, 0.1) is 0 Å². The maximum absolute atomic E-state index is 12.5. The minimum Gasteiger partial charge on any atom is -0.348 e. The van der Waals surface area contributed by atoms with E-state index in [1.165, 1.54) is 12.5 Å². The van der Waals surface area contributed by atoms with Crippen molar-refractivity contribution in [1.82, 2.24) is 25.1 Å². The summed E-state index contributed by atoms with van der Waals surface area (Å²) in [6, 6.07) is 2.21. The molecule has 0 aliphatic heterocycles. The lowest BCUT2D eigenvalue weighted by atomic mass is 9.85. The standard InChI is InChI=1S/C16H18F3N5OS/c1-24-12(22-23-15(24)10-3-2-4-10)8-20-13(25)9-26-14-6-5-11(7-21-14)16(17,18)19/h5-7,10H,2-4,8-9H2,1H3,(H,20,25). The van der Waals surface area contributed by atoms with Crippen LogP contribution in [0.2, 0.25) is 0 Å². The number of hydrogen-bond acceptors (Lipinski definition) is 5. The highest BCUT2D eigenvalue weighted by atomic mass is 32.2. The molecule has 6 nitrogen and oxygen atoms in total. The van der Waals surface area contributed by atoms with Crippen molar-refractivity contribution in [2.45, 2.75) is 42.9 Å². The number of carbonyl (C=O) groups is 1. The van der Waals surface area contributed by atoms with Crippen LogP contribution in [0.4, 0.5) is 13.2 Å². The first-order chi connectivity index (χ1) is 12.3. The fourth-order valence-corrected chi connectivity index (χ4v) is 3.23. The summed E-state index contributed by atoms with van der Waals surface area (Å²) in [6.07, 6.45) is -0.202. The summed E-state index contributed by atoms with van der Waals surface area (Å²) >= 11 is 1.08. The number of aromatic nitrogens is 4. The van der Waals surface area contributed by atoms with E-state index in [0.717, 1.165) is 42.7 Å². The van der Waals surface area contributed by atoms with Crippen molar-refractivity contribution in [2.24, 2.45) is 7.05 Å². The lowest BCUT2D eigenvalue weighted by Gasteiger charge is -2.24. The van der Waals surface area contributed by atoms with Crippen molar-refractivity contribution >= 4 is 17.7 Å². The van der Waals surface area contributed by atoms with E-state index in [2.05, 4.69) is 20.5 Å². The smallest absolute Gasteiger partial charge is 0.348 e. The third-order valence-corrected chi connectivity index (χ3v) is 5.27. The Kier molecular flexibility index (Phi) is 5.49. The number of halogens is 3. The first-order valence-electron chi connectivity index (χ1n) is 8.15. The summed E-state index contributed by atoms with van der Waals surface area (Å²) in [7, 11) is 1.88. The van der Waals surface area contributed by atoms with E-state index >= 15 is 0 Å². The first kappa shape index (κ1) is 18.7. The van der Waals surface area contributed by atoms with Crippen LogP contribution in [-0.4, -0.2) is 31.4 Å². The van der Waals surface area contributed by atoms with Crippen LogP contribution in [0.25, 0.3) is 0 Å². The van der Waals surface area contributed by atoms with Gasteiger partial charge >= 0.3 is 6.18 Å². The Labute approximate surface area is 152 Å². The summed E-state index contributed by atoms with van der Waals surface area (Å²) in [5.74, 6) is 1.90. The number of nitrogens with zero attached hydrogens (tertiary/aromatic N) is 4. The summed E-state index contributed by atoms with van der Waals surface area (Å²) in [5.41, 5.74) is -0.809. The minimum atomic E-state index is -4.41. The largest absolute Gasteiger partial charge is 0.417 e. The molecule has 26 heavy (non-hydrogen) atoms. The summed E-state index contributed by atoms with van der Waals surface area (Å²) in [6.45, 7) is 0.260. The lowest BCUT2D eigenvalue weighted by molar-refractivity contribution is -0.137. The molecule has 2 aromatic heterocycles. The second-order valence-corrected chi connectivity index (χ2v) is 7.11. The average Bonchev–Trinajstić information content (AvgIpc) is 2.90. The third kappa shape index (κ3) is 4.35. The van der Waals surface area contributed by atoms with E-state index in [1.54, 1.807) is 0 Å². The molecule has 0 radical (unpaired) electrons. The quantitative estimate of drug-likeness (QED) is 0.774. The first-order valence-corrected chi connectivity index (χ1v) is 9.14. The third-order valence-electron chi connectivity index (χ3n) is 4.33. The zero-order valence-electron chi connectivity index (χ0n) is 14.1. The maximum Gasteiger partial charge on any atom is 0.417 e. The molecule has 0 spiro atoms. The van der Waals surface area contributed by atoms with Crippen molar-refractivity contribution in [3.05, 3.63) is 35.5 Å². The predicted octanol–water partition coefficient (Wildman–Crippen LogP) is 2.90. The normalized spacial score (nSPS) is 14.9. The van der Waals surface area contributed by atoms with Gasteiger partial charge in [-0.25, -0.2) is 4.98 Å². The zero-order valence-corrected chi connectivity index (χ0v) is 14.9. The Hall–Kier alpha value is -2.10. The van der Waals surface area contributed by atoms with E-state index < -0.39 is 11.7 Å². The number of alkyl halides is 3. The van der Waals surface area contributed by atoms with Crippen LogP contribution < -0.4 is 5.32 Å². The molecule has 1 aliphatic rings. The number of thioether (sulfide) groups is 1. The Morgan fingerprint density at radius 3 is 2.69 bits per heavy atom. The molecule has 0 atom stereocenters. The van der Waals surface area contributed by atoms with Crippen LogP contribution in [0.5, 0.6) is 0 Å². The topological polar surface area (TPSA) is 72.7 Å². The molecule has 2 heterocycles. The molecule has 1 N–H and O–H groups in total. The van der Waals surface area contributed by atoms with Gasteiger partial charge in [-0.2, -0.15) is 13.2 Å². The van der Waals surface area contributed by atoms with Gasteiger partial charge in [-0.05, 0) is 25.0 Å². The van der Waals surface area contributed by atoms with Crippen molar-refractivity contribution in [1.29, 1.82) is 0 Å². The van der Waals surface area contributed by atoms with Gasteiger partial charge in [-0.1, -0.05) is 18.2 Å². The molecule has 1 fully saturated rings. The Morgan fingerprint density at radius 2 is 2.12 bits per heavy atom. The fourth-order valence-electron chi connectivity index (χ4n) is 2.55. The number of carbonyl (C=O) groups excluding carboxylic acids is 1. The average molecular weight is 385 g/mol. The molecule has 140 valence electrons. The van der Waals surface area contributed by atoms with E-state index in [9.17, 15) is 18.0 Å². The van der Waals surface area contributed by atoms with Crippen LogP contribution >= 0.6 is 11.8 Å². The second kappa shape index (κ2) is 7.65. The van der Waals surface area contributed by atoms with Crippen molar-refractivity contribution in [3.63, 3.8) is 0 Å². The molecular weight excluding hydrogens is 367 g/mol. The molecular formula is C16H18F3N5OS. The van der Waals surface area contributed by atoms with Gasteiger partial charge in [0.25, 0.3) is 0 Å². The second-order valence-electron chi connectivity index (χ2n) is 6.11. The Balaban J connectivity index is 1.46. The molecule has 0 bridgehead atoms. The van der Waals surface area contributed by atoms with Gasteiger partial charge < -0.3 is 9.88 Å². The molecule has 1 saturated carbocycles. The number of pyridine rings is 1. The molecule has 10 heteroatoms. The van der Waals surface area contributed by atoms with Gasteiger partial charge in [-0.15, -0.1) is 10.2 Å². The van der Waals surface area contributed by atoms with Crippen LogP contribution in [0.15, 0.2) is 23.4 Å². The highest BCUT2D eigenvalue weighted by Crippen LogP contribution is 2.35. The van der Waals surface area contributed by atoms with Gasteiger partial charge in [-0.3, -0.25) is 4.79 Å². The van der Waals surface area contributed by atoms with E-state index in [1.807, 2.05) is 11.6 Å². The number of amides is 1. The minimum absolute atomic E-state index is 0.0612. The maximum atomic E-state index is 12.5. The molecule has 2 aromatic rings. The van der Waals surface area contributed by atoms with Gasteiger partial charge in [0.15, 0.2) is 5.82 Å². The van der Waals surface area contributed by atoms with Crippen LogP contribution in [0.1, 0.15) is 42.4 Å². The van der Waals surface area contributed by atoms with Crippen molar-refractivity contribution in [2.75, 3.05) is 5.75 Å². The number of nitrogens with one attached hydrogen (secondary N) is 1. The van der Waals surface area contributed by atoms with E-state index in [0.29, 0.717) is 16.8 Å². The fraction of sp³-hybridized carbons (Fsp3) is 0.500. The Bertz CT molecular complexity index is 771. The van der Waals surface area contributed by atoms with Crippen molar-refractivity contribution in [3.8, 4) is 0 Å². The zero-order chi connectivity index (χ0) is 18.7. The number of hydrogen-bond donors (Lipinski definition) is 1. The highest BCUT2D eigenvalue weighted by Gasteiger charge is 2.30. The lowest BCUT2D eigenvalue weighted by Crippen LogP contribution is -2.26. The summed E-state index contributed by atoms with van der Waals surface area (Å²) in [5, 5.41) is 11.4. The van der Waals surface area contributed by atoms with Crippen LogP contribution in [-0.2, 0) is 24.6 Å². The molecule has 1 aliphatic carbocycles. The molecule has 3 rings (SSSR count). The molecule has 0 saturated heterocycles. The number of rotatable bonds is 6. The van der Waals surface area contributed by atoms with E-state index in [4.69, 9.17) is 0 Å². The van der Waals surface area contributed by atoms with Gasteiger partial charge in [0.1, 0.15) is 5.82 Å². The van der Waals surface area contributed by atoms with Gasteiger partial charge in [0.05, 0.1) is 22.9 Å².